The van der Waals surface area contributed by atoms with Crippen molar-refractivity contribution in [2.75, 3.05) is 13.2 Å². The Morgan fingerprint density at radius 1 is 1.15 bits per heavy atom. The first-order valence-corrected chi connectivity index (χ1v) is 10.4. The molecule has 0 radical (unpaired) electrons. The van der Waals surface area contributed by atoms with Crippen LogP contribution in [0, 0.1) is 16.0 Å². The summed E-state index contributed by atoms with van der Waals surface area (Å²) in [5, 5.41) is 14.3. The Kier molecular flexibility index (Phi) is 7.23. The van der Waals surface area contributed by atoms with Crippen molar-refractivity contribution in [2.45, 2.75) is 56.2 Å². The number of nitrogens with one attached hydrogen (secondary N) is 1. The molecule has 4 atom stereocenters. The third-order valence-electron chi connectivity index (χ3n) is 6.27. The number of benzene rings is 1. The van der Waals surface area contributed by atoms with Gasteiger partial charge in [0.2, 0.25) is 6.04 Å². The lowest BCUT2D eigenvalue weighted by atomic mass is 9.74. The van der Waals surface area contributed by atoms with E-state index in [0.717, 1.165) is 0 Å². The fourth-order valence-electron chi connectivity index (χ4n) is 4.24. The first-order chi connectivity index (χ1) is 15.3. The number of alkyl halides is 6. The lowest BCUT2D eigenvalue weighted by Gasteiger charge is -2.44. The van der Waals surface area contributed by atoms with Crippen LogP contribution in [-0.4, -0.2) is 29.7 Å². The molecule has 3 rings (SSSR count). The smallest absolute Gasteiger partial charge is 0.372 e. The molecule has 1 heterocycles. The molecule has 1 fully saturated rings. The van der Waals surface area contributed by atoms with Crippen molar-refractivity contribution < 1.29 is 36.0 Å². The number of allylic oxidation sites excluding steroid dienone is 3. The van der Waals surface area contributed by atoms with E-state index < -0.39 is 41.2 Å². The number of hydrogen-bond acceptors (Lipinski definition) is 4. The van der Waals surface area contributed by atoms with Gasteiger partial charge in [-0.3, -0.25) is 10.1 Å². The van der Waals surface area contributed by atoms with Crippen LogP contribution in [0.15, 0.2) is 42.5 Å². The fraction of sp³-hybridized carbons (Fsp3) is 0.545. The minimum absolute atomic E-state index is 0.0287. The average molecular weight is 478 g/mol. The standard InChI is InChI=1S/C22H24F6N2O3/c1-14(15-9-17(21(23,24)25)11-18(10-15)22(26,27)28)33-13-20(16-5-3-2-4-6-16)8-7-19(12-29-20)30(31)32/h2-5,9-11,14,16,19,29H,6-8,12-13H2,1H3/t14-,16?,19?,20-/m1/s1. The van der Waals surface area contributed by atoms with Gasteiger partial charge in [0.05, 0.1) is 30.4 Å². The first kappa shape index (κ1) is 25.2. The molecule has 1 saturated heterocycles. The highest BCUT2D eigenvalue weighted by Crippen LogP contribution is 2.39. The topological polar surface area (TPSA) is 64.4 Å². The van der Waals surface area contributed by atoms with Gasteiger partial charge in [0.1, 0.15) is 0 Å². The molecule has 1 N–H and O–H groups in total. The highest BCUT2D eigenvalue weighted by molar-refractivity contribution is 5.34. The Hall–Kier alpha value is -2.40. The zero-order chi connectivity index (χ0) is 24.4. The predicted octanol–water partition coefficient (Wildman–Crippen LogP) is 5.70. The molecule has 0 bridgehead atoms. The summed E-state index contributed by atoms with van der Waals surface area (Å²) in [6.07, 6.45) is -2.11. The zero-order valence-corrected chi connectivity index (χ0v) is 17.7. The molecule has 0 saturated carbocycles. The first-order valence-electron chi connectivity index (χ1n) is 10.4. The van der Waals surface area contributed by atoms with Gasteiger partial charge < -0.3 is 10.1 Å². The monoisotopic (exact) mass is 478 g/mol. The summed E-state index contributed by atoms with van der Waals surface area (Å²) in [6.45, 7) is 1.46. The maximum absolute atomic E-state index is 13.2. The summed E-state index contributed by atoms with van der Waals surface area (Å²) in [7, 11) is 0. The van der Waals surface area contributed by atoms with E-state index >= 15 is 0 Å². The Morgan fingerprint density at radius 3 is 2.24 bits per heavy atom. The molecule has 0 spiro atoms. The van der Waals surface area contributed by atoms with Gasteiger partial charge in [-0.15, -0.1) is 0 Å². The van der Waals surface area contributed by atoms with Crippen LogP contribution in [-0.2, 0) is 17.1 Å². The molecule has 2 unspecified atom stereocenters. The van der Waals surface area contributed by atoms with Crippen LogP contribution in [0.4, 0.5) is 26.3 Å². The predicted molar refractivity (Wildman–Crippen MR) is 108 cm³/mol. The van der Waals surface area contributed by atoms with E-state index in [9.17, 15) is 36.5 Å². The second kappa shape index (κ2) is 9.46. The maximum Gasteiger partial charge on any atom is 0.416 e. The van der Waals surface area contributed by atoms with Crippen molar-refractivity contribution in [3.8, 4) is 0 Å². The third kappa shape index (κ3) is 5.94. The Bertz CT molecular complexity index is 885. The van der Waals surface area contributed by atoms with E-state index in [4.69, 9.17) is 4.74 Å². The number of rotatable bonds is 6. The Morgan fingerprint density at radius 2 is 1.79 bits per heavy atom. The van der Waals surface area contributed by atoms with Crippen LogP contribution in [0.25, 0.3) is 0 Å². The number of halogens is 6. The largest absolute Gasteiger partial charge is 0.416 e. The number of ether oxygens (including phenoxy) is 1. The van der Waals surface area contributed by atoms with Gasteiger partial charge in [0.15, 0.2) is 0 Å². The number of hydrogen-bond donors (Lipinski definition) is 1. The molecule has 33 heavy (non-hydrogen) atoms. The third-order valence-corrected chi connectivity index (χ3v) is 6.27. The summed E-state index contributed by atoms with van der Waals surface area (Å²) >= 11 is 0. The molecule has 182 valence electrons. The number of nitrogens with zero attached hydrogens (tertiary/aromatic N) is 1. The summed E-state index contributed by atoms with van der Waals surface area (Å²) in [4.78, 5) is 10.8. The van der Waals surface area contributed by atoms with Crippen molar-refractivity contribution >= 4 is 0 Å². The fourth-order valence-corrected chi connectivity index (χ4v) is 4.24. The van der Waals surface area contributed by atoms with Crippen molar-refractivity contribution in [1.29, 1.82) is 0 Å². The van der Waals surface area contributed by atoms with Crippen LogP contribution in [0.2, 0.25) is 0 Å². The summed E-state index contributed by atoms with van der Waals surface area (Å²) in [6, 6.07) is 0.633. The van der Waals surface area contributed by atoms with E-state index in [1.54, 1.807) is 0 Å². The minimum Gasteiger partial charge on any atom is -0.372 e. The molecule has 1 aliphatic carbocycles. The average Bonchev–Trinajstić information content (AvgIpc) is 2.76. The van der Waals surface area contributed by atoms with Gasteiger partial charge >= 0.3 is 12.4 Å². The van der Waals surface area contributed by atoms with Crippen molar-refractivity contribution in [1.82, 2.24) is 5.32 Å². The van der Waals surface area contributed by atoms with Crippen LogP contribution >= 0.6 is 0 Å². The van der Waals surface area contributed by atoms with Crippen LogP contribution in [0.5, 0.6) is 0 Å². The van der Waals surface area contributed by atoms with Gasteiger partial charge in [0.25, 0.3) is 0 Å². The second-order valence-corrected chi connectivity index (χ2v) is 8.46. The highest BCUT2D eigenvalue weighted by atomic mass is 19.4. The summed E-state index contributed by atoms with van der Waals surface area (Å²) < 4.78 is 85.0. The van der Waals surface area contributed by atoms with Gasteiger partial charge in [-0.2, -0.15) is 26.3 Å². The Labute approximate surface area is 186 Å². The molecule has 5 nitrogen and oxygen atoms in total. The summed E-state index contributed by atoms with van der Waals surface area (Å²) in [5.41, 5.74) is -3.77. The van der Waals surface area contributed by atoms with E-state index in [1.165, 1.54) is 6.92 Å². The highest BCUT2D eigenvalue weighted by Gasteiger charge is 2.44. The lowest BCUT2D eigenvalue weighted by Crippen LogP contribution is -2.60. The minimum atomic E-state index is -4.95. The van der Waals surface area contributed by atoms with Crippen molar-refractivity contribution in [3.05, 3.63) is 69.3 Å². The molecular weight excluding hydrogens is 454 g/mol. The number of piperidine rings is 1. The van der Waals surface area contributed by atoms with E-state index in [0.29, 0.717) is 25.0 Å². The quantitative estimate of drug-likeness (QED) is 0.324. The zero-order valence-electron chi connectivity index (χ0n) is 17.7. The molecule has 1 aromatic rings. The molecular formula is C22H24F6N2O3. The van der Waals surface area contributed by atoms with Gasteiger partial charge in [-0.05, 0) is 43.5 Å². The summed E-state index contributed by atoms with van der Waals surface area (Å²) in [5.74, 6) is -0.0883. The van der Waals surface area contributed by atoms with Gasteiger partial charge in [-0.25, -0.2) is 0 Å². The maximum atomic E-state index is 13.2. The Balaban J connectivity index is 1.83. The van der Waals surface area contributed by atoms with E-state index in [2.05, 4.69) is 5.32 Å². The van der Waals surface area contributed by atoms with Crippen LogP contribution in [0.1, 0.15) is 49.0 Å². The van der Waals surface area contributed by atoms with Crippen molar-refractivity contribution in [3.63, 3.8) is 0 Å². The molecule has 11 heteroatoms. The van der Waals surface area contributed by atoms with Crippen molar-refractivity contribution in [2.24, 2.45) is 5.92 Å². The van der Waals surface area contributed by atoms with Crippen LogP contribution < -0.4 is 5.32 Å². The SMILES string of the molecule is C[C@@H](OC[C@@]1(C2C=CC=CC2)CCC([N+](=O)[O-])CN1)c1cc(C(F)(F)F)cc(C(F)(F)F)c1. The molecule has 0 amide bonds. The van der Waals surface area contributed by atoms with Gasteiger partial charge in [-0.1, -0.05) is 24.3 Å². The molecule has 1 aliphatic heterocycles. The number of nitro groups is 1. The van der Waals surface area contributed by atoms with Crippen LogP contribution in [0.3, 0.4) is 0 Å². The van der Waals surface area contributed by atoms with E-state index in [1.807, 2.05) is 24.3 Å². The molecule has 2 aliphatic rings. The molecule has 1 aromatic carbocycles. The normalized spacial score (nSPS) is 26.9. The van der Waals surface area contributed by atoms with E-state index in [-0.39, 0.29) is 42.0 Å². The second-order valence-electron chi connectivity index (χ2n) is 8.46. The lowest BCUT2D eigenvalue weighted by molar-refractivity contribution is -0.524. The molecule has 0 aromatic heterocycles. The van der Waals surface area contributed by atoms with Gasteiger partial charge in [0, 0.05) is 22.8 Å².